The number of carbonyl (C=O) groups is 1. The highest BCUT2D eigenvalue weighted by Gasteiger charge is 2.57. The number of ketones is 1. The first-order valence-electron chi connectivity index (χ1n) is 6.17. The summed E-state index contributed by atoms with van der Waals surface area (Å²) in [5, 5.41) is 0. The van der Waals surface area contributed by atoms with E-state index in [0.29, 0.717) is 0 Å². The van der Waals surface area contributed by atoms with E-state index in [4.69, 9.17) is 20.6 Å². The summed E-state index contributed by atoms with van der Waals surface area (Å²) in [6.07, 6.45) is 0. The second-order valence-corrected chi connectivity index (χ2v) is 6.98. The predicted octanol–water partition coefficient (Wildman–Crippen LogP) is 4.31. The summed E-state index contributed by atoms with van der Waals surface area (Å²) in [5.41, 5.74) is 0.908. The summed E-state index contributed by atoms with van der Waals surface area (Å²) >= 11 is 5.60. The molecule has 0 bridgehead atoms. The third-order valence-electron chi connectivity index (χ3n) is 2.53. The number of Topliss-reactive ketones (excluding diaryl/α,β-unsaturated/α-hetero) is 1. The lowest BCUT2D eigenvalue weighted by molar-refractivity contribution is 0.0854. The number of alkyl halides is 2. The van der Waals surface area contributed by atoms with Crippen molar-refractivity contribution in [3.63, 3.8) is 0 Å². The van der Waals surface area contributed by atoms with E-state index in [9.17, 15) is 13.8 Å². The molecule has 0 aliphatic heterocycles. The van der Waals surface area contributed by atoms with Gasteiger partial charge in [0.1, 0.15) is 0 Å². The van der Waals surface area contributed by atoms with Crippen LogP contribution in [-0.4, -0.2) is 23.9 Å². The van der Waals surface area contributed by atoms with Gasteiger partial charge >= 0.3 is 12.5 Å². The van der Waals surface area contributed by atoms with Crippen LogP contribution in [0.3, 0.4) is 0 Å². The van der Waals surface area contributed by atoms with Crippen molar-refractivity contribution in [3.05, 3.63) is 35.4 Å². The Morgan fingerprint density at radius 1 is 1.25 bits per heavy atom. The molecule has 0 saturated heterocycles. The highest BCUT2D eigenvalue weighted by atomic mass is 35.5. The average Bonchev–Trinajstić information content (AvgIpc) is 2.39. The number of aryl methyl sites for hydroxylation is 1. The maximum absolute atomic E-state index is 14.6. The van der Waals surface area contributed by atoms with Crippen LogP contribution < -0.4 is 0 Å². The van der Waals surface area contributed by atoms with Crippen LogP contribution in [-0.2, 0) is 13.6 Å². The Kier molecular flexibility index (Phi) is 5.90. The van der Waals surface area contributed by atoms with Gasteiger partial charge in [-0.3, -0.25) is 9.36 Å². The summed E-state index contributed by atoms with van der Waals surface area (Å²) in [4.78, 5) is 8.89. The van der Waals surface area contributed by atoms with Crippen LogP contribution in [0.2, 0.25) is 0 Å². The first-order valence-corrected chi connectivity index (χ1v) is 8.09. The topological polar surface area (TPSA) is 52.6 Å². The SMILES string of the molecule is CCOP(=O)(OCC)[C@](F)(Cl)C(=O)c1ccc(C)cc1. The molecule has 1 aromatic rings. The molecule has 0 fully saturated rings. The molecule has 0 aliphatic rings. The number of hydrogen-bond donors (Lipinski definition) is 0. The molecule has 0 heterocycles. The average molecular weight is 323 g/mol. The van der Waals surface area contributed by atoms with Crippen molar-refractivity contribution in [2.75, 3.05) is 13.2 Å². The van der Waals surface area contributed by atoms with E-state index >= 15 is 0 Å². The summed E-state index contributed by atoms with van der Waals surface area (Å²) in [6.45, 7) is 4.67. The van der Waals surface area contributed by atoms with Crippen LogP contribution >= 0.6 is 19.2 Å². The molecular formula is C13H17ClFO4P. The number of halogens is 2. The smallest absolute Gasteiger partial charge is 0.305 e. The number of benzene rings is 1. The van der Waals surface area contributed by atoms with E-state index in [1.807, 2.05) is 6.92 Å². The zero-order valence-electron chi connectivity index (χ0n) is 11.6. The molecule has 0 unspecified atom stereocenters. The molecule has 0 amide bonds. The van der Waals surface area contributed by atoms with Crippen molar-refractivity contribution >= 4 is 25.0 Å². The monoisotopic (exact) mass is 322 g/mol. The van der Waals surface area contributed by atoms with Gasteiger partial charge in [0.25, 0.3) is 0 Å². The zero-order chi connectivity index (χ0) is 15.4. The predicted molar refractivity (Wildman–Crippen MR) is 76.1 cm³/mol. The second kappa shape index (κ2) is 6.81. The molecule has 0 aliphatic carbocycles. The van der Waals surface area contributed by atoms with Gasteiger partial charge in [0.15, 0.2) is 0 Å². The fourth-order valence-electron chi connectivity index (χ4n) is 1.54. The highest BCUT2D eigenvalue weighted by Crippen LogP contribution is 2.64. The maximum Gasteiger partial charge on any atom is 0.391 e. The molecule has 1 rings (SSSR count). The number of hydrogen-bond acceptors (Lipinski definition) is 4. The first-order chi connectivity index (χ1) is 9.28. The van der Waals surface area contributed by atoms with Crippen molar-refractivity contribution in [1.29, 1.82) is 0 Å². The minimum Gasteiger partial charge on any atom is -0.305 e. The van der Waals surface area contributed by atoms with Gasteiger partial charge in [0, 0.05) is 5.56 Å². The van der Waals surface area contributed by atoms with Crippen molar-refractivity contribution in [2.45, 2.75) is 25.6 Å². The molecule has 4 nitrogen and oxygen atoms in total. The maximum atomic E-state index is 14.6. The van der Waals surface area contributed by atoms with Crippen LogP contribution in [0, 0.1) is 6.92 Å². The molecule has 112 valence electrons. The molecule has 20 heavy (non-hydrogen) atoms. The summed E-state index contributed by atoms with van der Waals surface area (Å²) in [7, 11) is -4.41. The van der Waals surface area contributed by atoms with Gasteiger partial charge in [-0.2, -0.15) is 0 Å². The fraction of sp³-hybridized carbons (Fsp3) is 0.462. The number of carbonyl (C=O) groups excluding carboxylic acids is 1. The van der Waals surface area contributed by atoms with Gasteiger partial charge in [0.2, 0.25) is 5.78 Å². The lowest BCUT2D eigenvalue weighted by Gasteiger charge is -2.25. The van der Waals surface area contributed by atoms with Crippen LogP contribution in [0.15, 0.2) is 24.3 Å². The molecule has 0 spiro atoms. The van der Waals surface area contributed by atoms with Crippen LogP contribution in [0.1, 0.15) is 29.8 Å². The van der Waals surface area contributed by atoms with E-state index in [0.717, 1.165) is 5.56 Å². The second-order valence-electron chi connectivity index (χ2n) is 4.07. The summed E-state index contributed by atoms with van der Waals surface area (Å²) < 4.78 is 36.6. The Morgan fingerprint density at radius 3 is 2.10 bits per heavy atom. The zero-order valence-corrected chi connectivity index (χ0v) is 13.2. The largest absolute Gasteiger partial charge is 0.391 e. The lowest BCUT2D eigenvalue weighted by Crippen LogP contribution is -2.29. The van der Waals surface area contributed by atoms with Crippen LogP contribution in [0.5, 0.6) is 0 Å². The molecule has 7 heteroatoms. The third-order valence-corrected chi connectivity index (χ3v) is 5.41. The number of rotatable bonds is 7. The minimum atomic E-state index is -4.41. The quantitative estimate of drug-likeness (QED) is 0.426. The van der Waals surface area contributed by atoms with Crippen molar-refractivity contribution < 1.29 is 22.8 Å². The summed E-state index contributed by atoms with van der Waals surface area (Å²) in [5.74, 6) is -1.13. The molecular weight excluding hydrogens is 306 g/mol. The Bertz CT molecular complexity index is 506. The molecule has 0 N–H and O–H groups in total. The standard InChI is InChI=1S/C13H17ClFO4P/c1-4-18-20(17,19-5-2)13(14,15)12(16)11-8-6-10(3)7-9-11/h6-9H,4-5H2,1-3H3/t13-/m0/s1. The van der Waals surface area contributed by atoms with Gasteiger partial charge in [0.05, 0.1) is 13.2 Å². The Labute approximate surface area is 122 Å². The first kappa shape index (κ1) is 17.3. The van der Waals surface area contributed by atoms with Gasteiger partial charge in [-0.05, 0) is 20.8 Å². The van der Waals surface area contributed by atoms with Gasteiger partial charge in [-0.25, -0.2) is 4.39 Å². The van der Waals surface area contributed by atoms with Crippen LogP contribution in [0.4, 0.5) is 4.39 Å². The van der Waals surface area contributed by atoms with E-state index < -0.39 is 18.2 Å². The van der Waals surface area contributed by atoms with E-state index in [-0.39, 0.29) is 18.8 Å². The normalized spacial score (nSPS) is 14.8. The summed E-state index contributed by atoms with van der Waals surface area (Å²) in [6, 6.07) is 6.09. The van der Waals surface area contributed by atoms with Crippen molar-refractivity contribution in [1.82, 2.24) is 0 Å². The molecule has 1 aromatic carbocycles. The van der Waals surface area contributed by atoms with Gasteiger partial charge in [-0.1, -0.05) is 41.4 Å². The van der Waals surface area contributed by atoms with E-state index in [1.165, 1.54) is 26.0 Å². The molecule has 1 atom stereocenters. The Balaban J connectivity index is 3.15. The molecule has 0 saturated carbocycles. The highest BCUT2D eigenvalue weighted by molar-refractivity contribution is 7.58. The van der Waals surface area contributed by atoms with Crippen molar-refractivity contribution in [3.8, 4) is 0 Å². The third kappa shape index (κ3) is 3.47. The lowest BCUT2D eigenvalue weighted by atomic mass is 10.1. The molecule has 0 aromatic heterocycles. The Hall–Kier alpha value is -0.740. The van der Waals surface area contributed by atoms with Gasteiger partial charge < -0.3 is 9.05 Å². The van der Waals surface area contributed by atoms with E-state index in [1.54, 1.807) is 12.1 Å². The molecule has 0 radical (unpaired) electrons. The Morgan fingerprint density at radius 2 is 1.70 bits per heavy atom. The van der Waals surface area contributed by atoms with Crippen molar-refractivity contribution in [2.24, 2.45) is 0 Å². The van der Waals surface area contributed by atoms with Crippen LogP contribution in [0.25, 0.3) is 0 Å². The fourth-order valence-corrected chi connectivity index (χ4v) is 3.40. The van der Waals surface area contributed by atoms with Gasteiger partial charge in [-0.15, -0.1) is 0 Å². The van der Waals surface area contributed by atoms with E-state index in [2.05, 4.69) is 0 Å². The minimum absolute atomic E-state index is 0.00716.